The van der Waals surface area contributed by atoms with Gasteiger partial charge in [0.15, 0.2) is 0 Å². The van der Waals surface area contributed by atoms with E-state index in [4.69, 9.17) is 10.3 Å². The van der Waals surface area contributed by atoms with Crippen LogP contribution in [0.1, 0.15) is 19.2 Å². The Morgan fingerprint density at radius 2 is 2.33 bits per heavy atom. The fraction of sp³-hybridized carbons (Fsp3) is 0.417. The molecule has 1 atom stereocenters. The van der Waals surface area contributed by atoms with Gasteiger partial charge in [-0.1, -0.05) is 18.1 Å². The Kier molecular flexibility index (Phi) is 4.72. The van der Waals surface area contributed by atoms with Gasteiger partial charge in [0.05, 0.1) is 5.75 Å². The van der Waals surface area contributed by atoms with Crippen LogP contribution >= 0.6 is 11.8 Å². The highest BCUT2D eigenvalue weighted by Gasteiger charge is 2.09. The van der Waals surface area contributed by atoms with E-state index < -0.39 is 0 Å². The summed E-state index contributed by atoms with van der Waals surface area (Å²) >= 11 is 1.71. The highest BCUT2D eigenvalue weighted by atomic mass is 32.2. The highest BCUT2D eigenvalue weighted by molar-refractivity contribution is 7.98. The van der Waals surface area contributed by atoms with Crippen molar-refractivity contribution in [2.24, 2.45) is 5.73 Å². The summed E-state index contributed by atoms with van der Waals surface area (Å²) in [5, 5.41) is 3.91. The van der Waals surface area contributed by atoms with Gasteiger partial charge in [0.1, 0.15) is 5.69 Å². The van der Waals surface area contributed by atoms with E-state index in [2.05, 4.69) is 22.0 Å². The number of hydrogen-bond acceptors (Lipinski definition) is 6. The molecule has 0 fully saturated rings. The summed E-state index contributed by atoms with van der Waals surface area (Å²) in [4.78, 5) is 8.47. The molecule has 6 heteroatoms. The number of pyridine rings is 1. The number of nitrogens with zero attached hydrogens (tertiary/aromatic N) is 3. The van der Waals surface area contributed by atoms with Gasteiger partial charge in [-0.05, 0) is 18.6 Å². The Bertz CT molecular complexity index is 474. The Labute approximate surface area is 110 Å². The van der Waals surface area contributed by atoms with E-state index in [-0.39, 0.29) is 6.04 Å². The van der Waals surface area contributed by atoms with Crippen LogP contribution in [0.2, 0.25) is 0 Å². The van der Waals surface area contributed by atoms with Crippen molar-refractivity contribution in [3.05, 3.63) is 30.3 Å². The molecule has 5 nitrogen and oxygen atoms in total. The topological polar surface area (TPSA) is 77.8 Å². The van der Waals surface area contributed by atoms with Gasteiger partial charge in [-0.3, -0.25) is 4.98 Å². The molecule has 0 amide bonds. The summed E-state index contributed by atoms with van der Waals surface area (Å²) < 4.78 is 5.17. The zero-order valence-electron chi connectivity index (χ0n) is 10.2. The molecule has 0 spiro atoms. The maximum absolute atomic E-state index is 5.84. The first-order valence-corrected chi connectivity index (χ1v) is 7.02. The molecular weight excluding hydrogens is 248 g/mol. The van der Waals surface area contributed by atoms with Gasteiger partial charge in [0, 0.05) is 18.0 Å². The third-order valence-electron chi connectivity index (χ3n) is 2.44. The molecule has 0 aliphatic rings. The molecule has 1 unspecified atom stereocenters. The predicted octanol–water partition coefficient (Wildman–Crippen LogP) is 2.10. The number of aromatic nitrogens is 3. The zero-order chi connectivity index (χ0) is 12.8. The second-order valence-electron chi connectivity index (χ2n) is 3.91. The summed E-state index contributed by atoms with van der Waals surface area (Å²) in [6, 6.07) is 5.84. The van der Waals surface area contributed by atoms with Crippen LogP contribution in [0.5, 0.6) is 0 Å². The van der Waals surface area contributed by atoms with Crippen LogP contribution in [0.3, 0.4) is 0 Å². The second-order valence-corrected chi connectivity index (χ2v) is 4.94. The number of nitrogens with two attached hydrogens (primary N) is 1. The molecule has 0 bridgehead atoms. The minimum atomic E-state index is 0.230. The van der Waals surface area contributed by atoms with Crippen molar-refractivity contribution in [2.75, 3.05) is 5.75 Å². The van der Waals surface area contributed by atoms with Gasteiger partial charge in [-0.25, -0.2) is 0 Å². The van der Waals surface area contributed by atoms with Crippen LogP contribution in [0.15, 0.2) is 28.9 Å². The van der Waals surface area contributed by atoms with Crippen molar-refractivity contribution in [2.45, 2.75) is 25.1 Å². The molecule has 2 heterocycles. The summed E-state index contributed by atoms with van der Waals surface area (Å²) in [6.45, 7) is 2.08. The molecule has 2 rings (SSSR count). The molecule has 0 saturated carbocycles. The van der Waals surface area contributed by atoms with Gasteiger partial charge in [-0.15, -0.1) is 0 Å². The fourth-order valence-electron chi connectivity index (χ4n) is 1.33. The molecule has 0 aliphatic heterocycles. The van der Waals surface area contributed by atoms with Crippen LogP contribution in [0.4, 0.5) is 0 Å². The van der Waals surface area contributed by atoms with Gasteiger partial charge in [-0.2, -0.15) is 16.7 Å². The molecule has 2 N–H and O–H groups in total. The van der Waals surface area contributed by atoms with E-state index in [0.29, 0.717) is 17.5 Å². The molecule has 0 aliphatic carbocycles. The smallest absolute Gasteiger partial charge is 0.237 e. The molecule has 0 aromatic carbocycles. The normalized spacial score (nSPS) is 12.6. The Morgan fingerprint density at radius 3 is 3.06 bits per heavy atom. The van der Waals surface area contributed by atoms with Crippen LogP contribution in [-0.2, 0) is 5.75 Å². The van der Waals surface area contributed by atoms with E-state index in [1.165, 1.54) is 0 Å². The quantitative estimate of drug-likeness (QED) is 0.861. The molecule has 96 valence electrons. The van der Waals surface area contributed by atoms with Crippen LogP contribution in [0, 0.1) is 0 Å². The molecule has 2 aromatic rings. The van der Waals surface area contributed by atoms with Crippen molar-refractivity contribution < 1.29 is 4.52 Å². The van der Waals surface area contributed by atoms with Crippen LogP contribution < -0.4 is 5.73 Å². The maximum Gasteiger partial charge on any atom is 0.237 e. The Morgan fingerprint density at radius 1 is 1.44 bits per heavy atom. The lowest BCUT2D eigenvalue weighted by molar-refractivity contribution is 0.391. The van der Waals surface area contributed by atoms with Gasteiger partial charge in [0.25, 0.3) is 0 Å². The van der Waals surface area contributed by atoms with Crippen molar-refractivity contribution in [1.82, 2.24) is 15.1 Å². The summed E-state index contributed by atoms with van der Waals surface area (Å²) in [6.07, 6.45) is 2.69. The van der Waals surface area contributed by atoms with Crippen LogP contribution in [0.25, 0.3) is 11.5 Å². The van der Waals surface area contributed by atoms with Gasteiger partial charge < -0.3 is 10.3 Å². The van der Waals surface area contributed by atoms with E-state index in [1.54, 1.807) is 18.0 Å². The van der Waals surface area contributed by atoms with Crippen LogP contribution in [-0.4, -0.2) is 26.9 Å². The number of thioether (sulfide) groups is 1. The molecular formula is C12H16N4OS. The SMILES string of the molecule is CCC(N)CSCc1nc(-c2ccccn2)no1. The average molecular weight is 264 g/mol. The van der Waals surface area contributed by atoms with E-state index in [1.807, 2.05) is 18.2 Å². The first-order valence-electron chi connectivity index (χ1n) is 5.87. The largest absolute Gasteiger partial charge is 0.338 e. The summed E-state index contributed by atoms with van der Waals surface area (Å²) in [5.41, 5.74) is 6.56. The molecule has 0 saturated heterocycles. The predicted molar refractivity (Wildman–Crippen MR) is 72.0 cm³/mol. The third-order valence-corrected chi connectivity index (χ3v) is 3.56. The number of hydrogen-bond donors (Lipinski definition) is 1. The Balaban J connectivity index is 1.91. The van der Waals surface area contributed by atoms with E-state index in [9.17, 15) is 0 Å². The Hall–Kier alpha value is -1.40. The maximum atomic E-state index is 5.84. The summed E-state index contributed by atoms with van der Waals surface area (Å²) in [7, 11) is 0. The van der Waals surface area contributed by atoms with Crippen molar-refractivity contribution >= 4 is 11.8 Å². The minimum absolute atomic E-state index is 0.230. The monoisotopic (exact) mass is 264 g/mol. The average Bonchev–Trinajstić information content (AvgIpc) is 2.88. The highest BCUT2D eigenvalue weighted by Crippen LogP contribution is 2.16. The van der Waals surface area contributed by atoms with Crippen molar-refractivity contribution in [3.63, 3.8) is 0 Å². The van der Waals surface area contributed by atoms with E-state index >= 15 is 0 Å². The number of rotatable bonds is 6. The van der Waals surface area contributed by atoms with Gasteiger partial charge in [0.2, 0.25) is 11.7 Å². The zero-order valence-corrected chi connectivity index (χ0v) is 11.1. The first-order chi connectivity index (χ1) is 8.79. The lowest BCUT2D eigenvalue weighted by Crippen LogP contribution is -2.21. The van der Waals surface area contributed by atoms with E-state index in [0.717, 1.165) is 17.9 Å². The van der Waals surface area contributed by atoms with Crippen molar-refractivity contribution in [3.8, 4) is 11.5 Å². The standard InChI is InChI=1S/C12H16N4OS/c1-2-9(13)7-18-8-11-15-12(16-17-11)10-5-3-4-6-14-10/h3-6,9H,2,7-8,13H2,1H3. The molecule has 0 radical (unpaired) electrons. The summed E-state index contributed by atoms with van der Waals surface area (Å²) in [5.74, 6) is 2.74. The fourth-order valence-corrected chi connectivity index (χ4v) is 2.28. The van der Waals surface area contributed by atoms with Crippen molar-refractivity contribution in [1.29, 1.82) is 0 Å². The molecule has 18 heavy (non-hydrogen) atoms. The first kappa shape index (κ1) is 13.0. The minimum Gasteiger partial charge on any atom is -0.338 e. The lowest BCUT2D eigenvalue weighted by Gasteiger charge is -2.05. The second kappa shape index (κ2) is 6.51. The van der Waals surface area contributed by atoms with Gasteiger partial charge >= 0.3 is 0 Å². The third kappa shape index (κ3) is 3.54. The lowest BCUT2D eigenvalue weighted by atomic mass is 10.3. The molecule has 2 aromatic heterocycles.